The molecule has 2 aromatic carbocycles. The van der Waals surface area contributed by atoms with Crippen LogP contribution in [0.4, 0.5) is 10.8 Å². The Kier molecular flexibility index (Phi) is 5.49. The van der Waals surface area contributed by atoms with E-state index < -0.39 is 0 Å². The number of thiazole rings is 1. The van der Waals surface area contributed by atoms with Gasteiger partial charge in [-0.05, 0) is 36.8 Å². The standard InChI is InChI=1S/C19H16BrN3O2S/c1-11-6-7-14(9-16(11)21-12(2)24)18(25)23-19-22-17(10-26-19)13-4-3-5-15(20)8-13/h3-10H,1-2H3,(H,21,24)(H,22,23,25). The molecule has 2 N–H and O–H groups in total. The van der Waals surface area contributed by atoms with Crippen molar-refractivity contribution in [2.75, 3.05) is 10.6 Å². The number of hydrogen-bond donors (Lipinski definition) is 2. The fourth-order valence-electron chi connectivity index (χ4n) is 2.37. The summed E-state index contributed by atoms with van der Waals surface area (Å²) >= 11 is 4.81. The summed E-state index contributed by atoms with van der Waals surface area (Å²) in [5.41, 5.74) is 3.74. The predicted molar refractivity (Wildman–Crippen MR) is 109 cm³/mol. The number of nitrogens with one attached hydrogen (secondary N) is 2. The van der Waals surface area contributed by atoms with E-state index >= 15 is 0 Å². The summed E-state index contributed by atoms with van der Waals surface area (Å²) in [4.78, 5) is 28.2. The van der Waals surface area contributed by atoms with Gasteiger partial charge in [0.1, 0.15) is 0 Å². The molecule has 0 saturated heterocycles. The number of aromatic nitrogens is 1. The summed E-state index contributed by atoms with van der Waals surface area (Å²) in [6.45, 7) is 3.31. The van der Waals surface area contributed by atoms with Gasteiger partial charge < -0.3 is 5.32 Å². The molecule has 26 heavy (non-hydrogen) atoms. The number of hydrogen-bond acceptors (Lipinski definition) is 4. The molecule has 2 amide bonds. The number of aryl methyl sites for hydroxylation is 1. The number of anilines is 2. The van der Waals surface area contributed by atoms with E-state index in [0.717, 1.165) is 21.3 Å². The molecule has 0 aliphatic rings. The van der Waals surface area contributed by atoms with Gasteiger partial charge in [-0.1, -0.05) is 34.1 Å². The van der Waals surface area contributed by atoms with Crippen LogP contribution in [0.5, 0.6) is 0 Å². The minimum Gasteiger partial charge on any atom is -0.326 e. The lowest BCUT2D eigenvalue weighted by molar-refractivity contribution is -0.114. The first-order chi connectivity index (χ1) is 12.4. The Morgan fingerprint density at radius 1 is 1.12 bits per heavy atom. The highest BCUT2D eigenvalue weighted by atomic mass is 79.9. The van der Waals surface area contributed by atoms with E-state index in [2.05, 4.69) is 31.5 Å². The minimum atomic E-state index is -0.272. The van der Waals surface area contributed by atoms with E-state index in [1.165, 1.54) is 18.3 Å². The lowest BCUT2D eigenvalue weighted by Crippen LogP contribution is -2.13. The molecule has 5 nitrogen and oxygen atoms in total. The van der Waals surface area contributed by atoms with Crippen molar-refractivity contribution < 1.29 is 9.59 Å². The third-order valence-corrected chi connectivity index (χ3v) is 4.91. The summed E-state index contributed by atoms with van der Waals surface area (Å²) in [6.07, 6.45) is 0. The number of carbonyl (C=O) groups excluding carboxylic acids is 2. The highest BCUT2D eigenvalue weighted by Crippen LogP contribution is 2.27. The van der Waals surface area contributed by atoms with Crippen LogP contribution < -0.4 is 10.6 Å². The topological polar surface area (TPSA) is 71.1 Å². The molecule has 0 radical (unpaired) electrons. The smallest absolute Gasteiger partial charge is 0.257 e. The molecule has 0 aliphatic carbocycles. The van der Waals surface area contributed by atoms with Crippen LogP contribution in [0, 0.1) is 6.92 Å². The molecule has 0 spiro atoms. The van der Waals surface area contributed by atoms with Gasteiger partial charge in [-0.2, -0.15) is 0 Å². The number of halogens is 1. The Balaban J connectivity index is 1.77. The molecule has 3 aromatic rings. The molecule has 1 aromatic heterocycles. The molecule has 3 rings (SSSR count). The van der Waals surface area contributed by atoms with Crippen molar-refractivity contribution in [2.24, 2.45) is 0 Å². The van der Waals surface area contributed by atoms with Crippen LogP contribution in [0.3, 0.4) is 0 Å². The summed E-state index contributed by atoms with van der Waals surface area (Å²) in [7, 11) is 0. The van der Waals surface area contributed by atoms with E-state index in [4.69, 9.17) is 0 Å². The van der Waals surface area contributed by atoms with E-state index in [1.807, 2.05) is 36.6 Å². The average Bonchev–Trinajstić information content (AvgIpc) is 3.05. The fraction of sp³-hybridized carbons (Fsp3) is 0.105. The van der Waals surface area contributed by atoms with E-state index in [1.54, 1.807) is 18.2 Å². The molecule has 0 fully saturated rings. The van der Waals surface area contributed by atoms with Crippen LogP contribution >= 0.6 is 27.3 Å². The first-order valence-electron chi connectivity index (χ1n) is 7.83. The lowest BCUT2D eigenvalue weighted by Gasteiger charge is -2.09. The first-order valence-corrected chi connectivity index (χ1v) is 9.50. The third kappa shape index (κ3) is 4.36. The van der Waals surface area contributed by atoms with Gasteiger partial charge in [-0.3, -0.25) is 14.9 Å². The van der Waals surface area contributed by atoms with Crippen molar-refractivity contribution in [1.82, 2.24) is 4.98 Å². The predicted octanol–water partition coefficient (Wildman–Crippen LogP) is 5.09. The van der Waals surface area contributed by atoms with Gasteiger partial charge in [0.2, 0.25) is 5.91 Å². The van der Waals surface area contributed by atoms with E-state index in [-0.39, 0.29) is 11.8 Å². The maximum atomic E-state index is 12.5. The van der Waals surface area contributed by atoms with Crippen LogP contribution in [0.15, 0.2) is 52.3 Å². The van der Waals surface area contributed by atoms with Crippen molar-refractivity contribution in [3.8, 4) is 11.3 Å². The number of benzene rings is 2. The van der Waals surface area contributed by atoms with Gasteiger partial charge in [0.25, 0.3) is 5.91 Å². The molecule has 132 valence electrons. The molecule has 0 bridgehead atoms. The summed E-state index contributed by atoms with van der Waals surface area (Å²) < 4.78 is 0.971. The fourth-order valence-corrected chi connectivity index (χ4v) is 3.48. The first kappa shape index (κ1) is 18.3. The number of amides is 2. The second kappa shape index (κ2) is 7.80. The molecular formula is C19H16BrN3O2S. The van der Waals surface area contributed by atoms with Gasteiger partial charge in [0, 0.05) is 33.6 Å². The average molecular weight is 430 g/mol. The summed E-state index contributed by atoms with van der Waals surface area (Å²) in [6, 6.07) is 13.0. The Labute approximate surface area is 163 Å². The van der Waals surface area contributed by atoms with Gasteiger partial charge in [-0.25, -0.2) is 4.98 Å². The number of nitrogens with zero attached hydrogens (tertiary/aromatic N) is 1. The Morgan fingerprint density at radius 3 is 2.65 bits per heavy atom. The maximum absolute atomic E-state index is 12.5. The Hall–Kier alpha value is -2.51. The van der Waals surface area contributed by atoms with Crippen LogP contribution in [-0.2, 0) is 4.79 Å². The van der Waals surface area contributed by atoms with Crippen molar-refractivity contribution in [3.05, 3.63) is 63.4 Å². The second-order valence-corrected chi connectivity index (χ2v) is 7.49. The molecular weight excluding hydrogens is 414 g/mol. The van der Waals surface area contributed by atoms with Crippen molar-refractivity contribution in [3.63, 3.8) is 0 Å². The molecule has 0 unspecified atom stereocenters. The summed E-state index contributed by atoms with van der Waals surface area (Å²) in [5, 5.41) is 7.95. The SMILES string of the molecule is CC(=O)Nc1cc(C(=O)Nc2nc(-c3cccc(Br)c3)cs2)ccc1C. The zero-order valence-corrected chi connectivity index (χ0v) is 16.6. The molecule has 0 atom stereocenters. The minimum absolute atomic E-state index is 0.177. The largest absolute Gasteiger partial charge is 0.326 e. The van der Waals surface area contributed by atoms with Crippen molar-refractivity contribution in [1.29, 1.82) is 0 Å². The maximum Gasteiger partial charge on any atom is 0.257 e. The molecule has 0 saturated carbocycles. The molecule has 7 heteroatoms. The van der Waals surface area contributed by atoms with E-state index in [9.17, 15) is 9.59 Å². The molecule has 0 aliphatic heterocycles. The Morgan fingerprint density at radius 2 is 1.92 bits per heavy atom. The van der Waals surface area contributed by atoms with Gasteiger partial charge in [0.15, 0.2) is 5.13 Å². The van der Waals surface area contributed by atoms with Crippen molar-refractivity contribution >= 4 is 49.9 Å². The quantitative estimate of drug-likeness (QED) is 0.606. The zero-order valence-electron chi connectivity index (χ0n) is 14.2. The van der Waals surface area contributed by atoms with E-state index in [0.29, 0.717) is 16.4 Å². The number of rotatable bonds is 4. The van der Waals surface area contributed by atoms with Crippen LogP contribution in [0.2, 0.25) is 0 Å². The Bertz CT molecular complexity index is 984. The van der Waals surface area contributed by atoms with Gasteiger partial charge in [0.05, 0.1) is 5.69 Å². The molecule has 1 heterocycles. The monoisotopic (exact) mass is 429 g/mol. The van der Waals surface area contributed by atoms with Gasteiger partial charge in [-0.15, -0.1) is 11.3 Å². The third-order valence-electron chi connectivity index (χ3n) is 3.66. The normalized spacial score (nSPS) is 10.4. The highest BCUT2D eigenvalue weighted by molar-refractivity contribution is 9.10. The lowest BCUT2D eigenvalue weighted by atomic mass is 10.1. The summed E-state index contributed by atoms with van der Waals surface area (Å²) in [5.74, 6) is -0.448. The van der Waals surface area contributed by atoms with Crippen LogP contribution in [0.1, 0.15) is 22.8 Å². The zero-order chi connectivity index (χ0) is 18.7. The van der Waals surface area contributed by atoms with Crippen LogP contribution in [0.25, 0.3) is 11.3 Å². The van der Waals surface area contributed by atoms with Crippen molar-refractivity contribution in [2.45, 2.75) is 13.8 Å². The number of carbonyl (C=O) groups is 2. The van der Waals surface area contributed by atoms with Crippen LogP contribution in [-0.4, -0.2) is 16.8 Å². The second-order valence-electron chi connectivity index (χ2n) is 5.71. The van der Waals surface area contributed by atoms with Gasteiger partial charge >= 0.3 is 0 Å². The highest BCUT2D eigenvalue weighted by Gasteiger charge is 2.12.